The second-order valence-corrected chi connectivity index (χ2v) is 9.60. The van der Waals surface area contributed by atoms with E-state index in [2.05, 4.69) is 41.6 Å². The number of nitrogens with zero attached hydrogens (tertiary/aromatic N) is 2. The molecule has 0 aliphatic carbocycles. The molecule has 2 aromatic carbocycles. The molecule has 1 fully saturated rings. The molecule has 3 heterocycles. The number of hydrogen-bond acceptors (Lipinski definition) is 6. The molecular weight excluding hydrogens is 428 g/mol. The lowest BCUT2D eigenvalue weighted by Gasteiger charge is -2.28. The van der Waals surface area contributed by atoms with Gasteiger partial charge in [-0.3, -0.25) is 4.79 Å². The molecule has 3 atom stereocenters. The van der Waals surface area contributed by atoms with Crippen LogP contribution in [0.2, 0.25) is 0 Å². The zero-order chi connectivity index (χ0) is 23.7. The van der Waals surface area contributed by atoms with Gasteiger partial charge in [0, 0.05) is 29.5 Å². The van der Waals surface area contributed by atoms with Gasteiger partial charge in [-0.1, -0.05) is 26.8 Å². The van der Waals surface area contributed by atoms with Crippen LogP contribution >= 0.6 is 0 Å². The fourth-order valence-corrected chi connectivity index (χ4v) is 4.93. The molecule has 7 heteroatoms. The van der Waals surface area contributed by atoms with Gasteiger partial charge in [0.1, 0.15) is 17.4 Å². The third-order valence-corrected chi connectivity index (χ3v) is 6.82. The SMILES string of the molecule is CCC1CC(=O)NN=C1c1ccc2nc(-c3ccc(OC(C(C)C)C4CCCN4)cc3)oc2c1. The van der Waals surface area contributed by atoms with E-state index in [4.69, 9.17) is 9.15 Å². The van der Waals surface area contributed by atoms with E-state index in [9.17, 15) is 4.79 Å². The summed E-state index contributed by atoms with van der Waals surface area (Å²) in [4.78, 5) is 16.4. The van der Waals surface area contributed by atoms with Crippen LogP contribution in [0.25, 0.3) is 22.6 Å². The summed E-state index contributed by atoms with van der Waals surface area (Å²) >= 11 is 0. The maximum Gasteiger partial charge on any atom is 0.240 e. The van der Waals surface area contributed by atoms with E-state index in [1.165, 1.54) is 6.42 Å². The maximum atomic E-state index is 11.7. The van der Waals surface area contributed by atoms with Crippen molar-refractivity contribution in [3.05, 3.63) is 48.0 Å². The Labute approximate surface area is 200 Å². The second-order valence-electron chi connectivity index (χ2n) is 9.60. The highest BCUT2D eigenvalue weighted by Gasteiger charge is 2.29. The minimum absolute atomic E-state index is 0.0368. The van der Waals surface area contributed by atoms with Crippen molar-refractivity contribution in [1.82, 2.24) is 15.7 Å². The standard InChI is InChI=1S/C27H32N4O3/c1-4-17-15-24(32)30-31-25(17)19-9-12-21-23(14-19)34-27(29-21)18-7-10-20(11-8-18)33-26(16(2)3)22-6-5-13-28-22/h7-12,14,16-17,22,26,28H,4-6,13,15H2,1-3H3,(H,30,32). The summed E-state index contributed by atoms with van der Waals surface area (Å²) < 4.78 is 12.5. The zero-order valence-corrected chi connectivity index (χ0v) is 20.0. The molecule has 1 saturated heterocycles. The summed E-state index contributed by atoms with van der Waals surface area (Å²) in [5.74, 6) is 1.93. The van der Waals surface area contributed by atoms with Gasteiger partial charge in [-0.25, -0.2) is 10.4 Å². The number of aromatic nitrogens is 1. The first-order chi connectivity index (χ1) is 16.5. The molecule has 3 unspecified atom stereocenters. The van der Waals surface area contributed by atoms with Crippen LogP contribution in [0.5, 0.6) is 5.75 Å². The van der Waals surface area contributed by atoms with Crippen LogP contribution in [-0.4, -0.2) is 35.3 Å². The Bertz CT molecular complexity index is 1190. The molecule has 1 amide bonds. The number of oxazole rings is 1. The van der Waals surface area contributed by atoms with Gasteiger partial charge >= 0.3 is 0 Å². The van der Waals surface area contributed by atoms with Crippen LogP contribution in [0.15, 0.2) is 52.0 Å². The first-order valence-electron chi connectivity index (χ1n) is 12.3. The number of fused-ring (bicyclic) bond motifs is 1. The predicted molar refractivity (Wildman–Crippen MR) is 133 cm³/mol. The lowest BCUT2D eigenvalue weighted by molar-refractivity contribution is -0.122. The van der Waals surface area contributed by atoms with Crippen molar-refractivity contribution in [1.29, 1.82) is 0 Å². The highest BCUT2D eigenvalue weighted by atomic mass is 16.5. The molecule has 0 bridgehead atoms. The highest BCUT2D eigenvalue weighted by Crippen LogP contribution is 2.29. The number of amides is 1. The molecule has 0 saturated carbocycles. The summed E-state index contributed by atoms with van der Waals surface area (Å²) in [6, 6.07) is 14.3. The van der Waals surface area contributed by atoms with Crippen molar-refractivity contribution >= 4 is 22.7 Å². The Balaban J connectivity index is 1.35. The van der Waals surface area contributed by atoms with Gasteiger partial charge in [0.2, 0.25) is 11.8 Å². The number of hydrogen-bond donors (Lipinski definition) is 2. The van der Waals surface area contributed by atoms with Crippen LogP contribution in [0.4, 0.5) is 0 Å². The molecule has 7 nitrogen and oxygen atoms in total. The summed E-state index contributed by atoms with van der Waals surface area (Å²) in [5.41, 5.74) is 6.84. The van der Waals surface area contributed by atoms with Gasteiger partial charge in [0.25, 0.3) is 0 Å². The molecule has 2 aliphatic rings. The average Bonchev–Trinajstić information content (AvgIpc) is 3.52. The Morgan fingerprint density at radius 2 is 1.94 bits per heavy atom. The molecule has 0 spiro atoms. The van der Waals surface area contributed by atoms with Crippen LogP contribution in [0.1, 0.15) is 52.0 Å². The van der Waals surface area contributed by atoms with Gasteiger partial charge in [-0.05, 0) is 68.1 Å². The summed E-state index contributed by atoms with van der Waals surface area (Å²) in [6.07, 6.45) is 3.82. The molecule has 5 rings (SSSR count). The van der Waals surface area contributed by atoms with Crippen LogP contribution in [-0.2, 0) is 4.79 Å². The molecule has 178 valence electrons. The fraction of sp³-hybridized carbons (Fsp3) is 0.444. The molecule has 2 N–H and O–H groups in total. The number of rotatable bonds is 7. The Morgan fingerprint density at radius 1 is 1.15 bits per heavy atom. The van der Waals surface area contributed by atoms with Crippen molar-refractivity contribution in [3.63, 3.8) is 0 Å². The van der Waals surface area contributed by atoms with Crippen molar-refractivity contribution < 1.29 is 13.9 Å². The van der Waals surface area contributed by atoms with E-state index < -0.39 is 0 Å². The quantitative estimate of drug-likeness (QED) is 0.524. The second kappa shape index (κ2) is 9.58. The zero-order valence-electron chi connectivity index (χ0n) is 20.0. The van der Waals surface area contributed by atoms with E-state index in [1.807, 2.05) is 42.5 Å². The summed E-state index contributed by atoms with van der Waals surface area (Å²) in [5, 5.41) is 7.88. The van der Waals surface area contributed by atoms with Gasteiger partial charge in [-0.15, -0.1) is 0 Å². The van der Waals surface area contributed by atoms with E-state index in [1.54, 1.807) is 0 Å². The van der Waals surface area contributed by atoms with Gasteiger partial charge in [0.15, 0.2) is 5.58 Å². The monoisotopic (exact) mass is 460 g/mol. The number of carbonyl (C=O) groups is 1. The summed E-state index contributed by atoms with van der Waals surface area (Å²) in [7, 11) is 0. The third kappa shape index (κ3) is 4.57. The normalized spacial score (nSPS) is 21.5. The topological polar surface area (TPSA) is 88.8 Å². The third-order valence-electron chi connectivity index (χ3n) is 6.82. The van der Waals surface area contributed by atoms with E-state index >= 15 is 0 Å². The lowest BCUT2D eigenvalue weighted by atomic mass is 9.90. The summed E-state index contributed by atoms with van der Waals surface area (Å²) in [6.45, 7) is 7.56. The first-order valence-corrected chi connectivity index (χ1v) is 12.3. The first kappa shape index (κ1) is 22.6. The Morgan fingerprint density at radius 3 is 2.65 bits per heavy atom. The van der Waals surface area contributed by atoms with Crippen LogP contribution < -0.4 is 15.5 Å². The number of benzene rings is 2. The van der Waals surface area contributed by atoms with E-state index in [0.29, 0.717) is 29.9 Å². The lowest BCUT2D eigenvalue weighted by Crippen LogP contribution is -2.42. The van der Waals surface area contributed by atoms with Gasteiger partial charge < -0.3 is 14.5 Å². The van der Waals surface area contributed by atoms with Crippen molar-refractivity contribution in [2.24, 2.45) is 16.9 Å². The Kier molecular flexibility index (Phi) is 6.37. The van der Waals surface area contributed by atoms with Crippen LogP contribution in [0.3, 0.4) is 0 Å². The molecular formula is C27H32N4O3. The van der Waals surface area contributed by atoms with E-state index in [0.717, 1.165) is 47.5 Å². The fourth-order valence-electron chi connectivity index (χ4n) is 4.93. The average molecular weight is 461 g/mol. The highest BCUT2D eigenvalue weighted by molar-refractivity contribution is 6.07. The minimum atomic E-state index is -0.0368. The molecule has 2 aliphatic heterocycles. The van der Waals surface area contributed by atoms with Crippen molar-refractivity contribution in [2.75, 3.05) is 6.54 Å². The number of nitrogens with one attached hydrogen (secondary N) is 2. The number of hydrazone groups is 1. The van der Waals surface area contributed by atoms with Gasteiger partial charge in [0.05, 0.1) is 5.71 Å². The van der Waals surface area contributed by atoms with Crippen molar-refractivity contribution in [3.8, 4) is 17.2 Å². The number of carbonyl (C=O) groups excluding carboxylic acids is 1. The van der Waals surface area contributed by atoms with Crippen molar-refractivity contribution in [2.45, 2.75) is 58.6 Å². The molecule has 1 aromatic heterocycles. The molecule has 3 aromatic rings. The Hall–Kier alpha value is -3.19. The minimum Gasteiger partial charge on any atom is -0.489 e. The maximum absolute atomic E-state index is 11.7. The van der Waals surface area contributed by atoms with Crippen LogP contribution in [0, 0.1) is 11.8 Å². The predicted octanol–water partition coefficient (Wildman–Crippen LogP) is 4.90. The molecule has 34 heavy (non-hydrogen) atoms. The molecule has 0 radical (unpaired) electrons. The van der Waals surface area contributed by atoms with E-state index in [-0.39, 0.29) is 17.9 Å². The van der Waals surface area contributed by atoms with Gasteiger partial charge in [-0.2, -0.15) is 5.10 Å². The number of ether oxygens (including phenoxy) is 1. The smallest absolute Gasteiger partial charge is 0.240 e. The largest absolute Gasteiger partial charge is 0.489 e.